The van der Waals surface area contributed by atoms with Crippen LogP contribution in [0.25, 0.3) is 0 Å². The molecule has 1 aromatic carbocycles. The van der Waals surface area contributed by atoms with Crippen LogP contribution in [0.4, 0.5) is 11.4 Å². The summed E-state index contributed by atoms with van der Waals surface area (Å²) in [4.78, 5) is 5.25. The number of rotatable bonds is 8. The number of fused-ring (bicyclic) bond motifs is 5. The van der Waals surface area contributed by atoms with E-state index < -0.39 is 6.10 Å². The predicted octanol–water partition coefficient (Wildman–Crippen LogP) is 9.99. The molecule has 1 aromatic rings. The van der Waals surface area contributed by atoms with E-state index in [1.807, 2.05) is 12.1 Å². The summed E-state index contributed by atoms with van der Waals surface area (Å²) in [6.45, 7) is 17.0. The molecule has 4 aliphatic carbocycles. The van der Waals surface area contributed by atoms with Gasteiger partial charge in [-0.05, 0) is 141 Å². The van der Waals surface area contributed by atoms with Gasteiger partial charge in [0.1, 0.15) is 6.10 Å². The standard InChI is InChI=1S/C37H58N2O2/c1-23(2)10-8-9-11-24(3)29-13-14-30-28-12-15-33-35(4,5)32(34(41-40)25-20-26(38)22-27(39)21-25)17-19-37(33,7)31(28)16-18-36(29,30)6/h10,15,20-22,24,28-32,34,40H,8-9,11-14,16-19,38-39H2,1-7H3. The van der Waals surface area contributed by atoms with Crippen LogP contribution in [-0.4, -0.2) is 5.26 Å². The van der Waals surface area contributed by atoms with E-state index in [1.165, 1.54) is 56.9 Å². The first-order chi connectivity index (χ1) is 19.3. The Kier molecular flexibility index (Phi) is 8.51. The molecule has 9 atom stereocenters. The lowest BCUT2D eigenvalue weighted by Crippen LogP contribution is -2.54. The number of hydrogen-bond acceptors (Lipinski definition) is 4. The van der Waals surface area contributed by atoms with E-state index in [-0.39, 0.29) is 16.7 Å². The second-order valence-corrected chi connectivity index (χ2v) is 15.9. The molecule has 9 unspecified atom stereocenters. The summed E-state index contributed by atoms with van der Waals surface area (Å²) in [5.74, 6) is 4.26. The highest BCUT2D eigenvalue weighted by Gasteiger charge is 2.61. The fraction of sp³-hybridized carbons (Fsp3) is 0.730. The maximum atomic E-state index is 10.2. The van der Waals surface area contributed by atoms with Crippen LogP contribution in [0.5, 0.6) is 0 Å². The zero-order valence-electron chi connectivity index (χ0n) is 27.0. The Morgan fingerprint density at radius 2 is 1.68 bits per heavy atom. The number of hydrogen-bond donors (Lipinski definition) is 3. The van der Waals surface area contributed by atoms with Crippen molar-refractivity contribution in [3.05, 3.63) is 47.1 Å². The van der Waals surface area contributed by atoms with Crippen LogP contribution in [-0.2, 0) is 4.89 Å². The van der Waals surface area contributed by atoms with E-state index in [9.17, 15) is 5.26 Å². The largest absolute Gasteiger partial charge is 0.399 e. The van der Waals surface area contributed by atoms with E-state index >= 15 is 0 Å². The van der Waals surface area contributed by atoms with E-state index in [0.29, 0.717) is 16.8 Å². The molecule has 0 spiro atoms. The Morgan fingerprint density at radius 1 is 0.976 bits per heavy atom. The summed E-state index contributed by atoms with van der Waals surface area (Å²) in [5, 5.41) is 10.2. The third-order valence-electron chi connectivity index (χ3n) is 13.0. The molecule has 3 fully saturated rings. The number of allylic oxidation sites excluding steroid dienone is 4. The zero-order valence-corrected chi connectivity index (χ0v) is 27.0. The molecule has 5 rings (SSSR count). The van der Waals surface area contributed by atoms with Crippen LogP contribution < -0.4 is 11.5 Å². The quantitative estimate of drug-likeness (QED) is 0.0968. The van der Waals surface area contributed by atoms with Gasteiger partial charge < -0.3 is 11.5 Å². The van der Waals surface area contributed by atoms with Gasteiger partial charge in [-0.2, -0.15) is 0 Å². The predicted molar refractivity (Wildman–Crippen MR) is 172 cm³/mol. The van der Waals surface area contributed by atoms with Gasteiger partial charge in [-0.3, -0.25) is 5.26 Å². The number of nitrogen functional groups attached to an aromatic ring is 2. The Labute approximate surface area is 250 Å². The Balaban J connectivity index is 1.36. The number of benzene rings is 1. The van der Waals surface area contributed by atoms with Gasteiger partial charge in [0, 0.05) is 17.3 Å². The monoisotopic (exact) mass is 562 g/mol. The molecule has 4 heteroatoms. The van der Waals surface area contributed by atoms with Gasteiger partial charge in [0.25, 0.3) is 0 Å². The first-order valence-corrected chi connectivity index (χ1v) is 16.6. The summed E-state index contributed by atoms with van der Waals surface area (Å²) in [6, 6.07) is 5.58. The molecule has 0 amide bonds. The molecular formula is C37H58N2O2. The smallest absolute Gasteiger partial charge is 0.121 e. The Bertz CT molecular complexity index is 1150. The molecule has 4 aliphatic rings. The van der Waals surface area contributed by atoms with Crippen molar-refractivity contribution in [3.63, 3.8) is 0 Å². The Hall–Kier alpha value is -1.78. The van der Waals surface area contributed by atoms with Gasteiger partial charge in [-0.25, -0.2) is 4.89 Å². The van der Waals surface area contributed by atoms with Crippen molar-refractivity contribution in [2.45, 2.75) is 119 Å². The lowest BCUT2D eigenvalue weighted by atomic mass is 9.43. The molecule has 4 nitrogen and oxygen atoms in total. The van der Waals surface area contributed by atoms with Gasteiger partial charge in [-0.15, -0.1) is 0 Å². The van der Waals surface area contributed by atoms with E-state index in [1.54, 1.807) is 11.6 Å². The number of unbranched alkanes of at least 4 members (excludes halogenated alkanes) is 1. The van der Waals surface area contributed by atoms with Crippen LogP contribution in [0, 0.1) is 51.8 Å². The zero-order chi connectivity index (χ0) is 29.7. The molecule has 0 heterocycles. The second-order valence-electron chi connectivity index (χ2n) is 15.9. The molecule has 0 radical (unpaired) electrons. The first-order valence-electron chi connectivity index (χ1n) is 16.6. The van der Waals surface area contributed by atoms with Crippen LogP contribution >= 0.6 is 0 Å². The lowest BCUT2D eigenvalue weighted by molar-refractivity contribution is -0.303. The van der Waals surface area contributed by atoms with Crippen molar-refractivity contribution in [1.82, 2.24) is 0 Å². The molecule has 5 N–H and O–H groups in total. The summed E-state index contributed by atoms with van der Waals surface area (Å²) in [6.07, 6.45) is 17.5. The average molecular weight is 563 g/mol. The molecule has 0 aliphatic heterocycles. The maximum Gasteiger partial charge on any atom is 0.121 e. The van der Waals surface area contributed by atoms with Crippen molar-refractivity contribution < 1.29 is 10.1 Å². The Morgan fingerprint density at radius 3 is 2.34 bits per heavy atom. The van der Waals surface area contributed by atoms with Crippen molar-refractivity contribution in [3.8, 4) is 0 Å². The van der Waals surface area contributed by atoms with Gasteiger partial charge >= 0.3 is 0 Å². The number of nitrogens with two attached hydrogens (primary N) is 2. The lowest BCUT2D eigenvalue weighted by Gasteiger charge is -2.62. The maximum absolute atomic E-state index is 10.2. The minimum absolute atomic E-state index is 0.0938. The fourth-order valence-corrected chi connectivity index (χ4v) is 11.2. The highest BCUT2D eigenvalue weighted by molar-refractivity contribution is 5.55. The molecule has 0 aromatic heterocycles. The molecule has 0 saturated heterocycles. The van der Waals surface area contributed by atoms with Crippen LogP contribution in [0.15, 0.2) is 41.5 Å². The van der Waals surface area contributed by atoms with Crippen LogP contribution in [0.3, 0.4) is 0 Å². The summed E-state index contributed by atoms with van der Waals surface area (Å²) < 4.78 is 0. The van der Waals surface area contributed by atoms with Crippen LogP contribution in [0.1, 0.15) is 124 Å². The summed E-state index contributed by atoms with van der Waals surface area (Å²) in [5.41, 5.74) is 18.1. The van der Waals surface area contributed by atoms with E-state index in [4.69, 9.17) is 16.4 Å². The average Bonchev–Trinajstić information content (AvgIpc) is 3.25. The second kappa shape index (κ2) is 11.4. The van der Waals surface area contributed by atoms with Crippen molar-refractivity contribution in [2.75, 3.05) is 11.5 Å². The third kappa shape index (κ3) is 5.30. The molecule has 228 valence electrons. The van der Waals surface area contributed by atoms with Gasteiger partial charge in [-0.1, -0.05) is 64.3 Å². The van der Waals surface area contributed by atoms with Crippen molar-refractivity contribution in [1.29, 1.82) is 0 Å². The molecular weight excluding hydrogens is 504 g/mol. The van der Waals surface area contributed by atoms with E-state index in [2.05, 4.69) is 60.6 Å². The number of anilines is 2. The first kappa shape index (κ1) is 30.7. The minimum Gasteiger partial charge on any atom is -0.399 e. The topological polar surface area (TPSA) is 81.5 Å². The fourth-order valence-electron chi connectivity index (χ4n) is 11.2. The minimum atomic E-state index is -0.442. The van der Waals surface area contributed by atoms with Crippen LogP contribution in [0.2, 0.25) is 0 Å². The SMILES string of the molecule is CC(C)=CCCCC(C)C1CCC2C3CC=C4C(C)(C)C(C(OO)c5cc(N)cc(N)c5)CCC4(C)C3CCC12C. The van der Waals surface area contributed by atoms with Gasteiger partial charge in [0.05, 0.1) is 0 Å². The highest BCUT2D eigenvalue weighted by atomic mass is 17.1. The molecule has 3 saturated carbocycles. The summed E-state index contributed by atoms with van der Waals surface area (Å²) >= 11 is 0. The molecule has 41 heavy (non-hydrogen) atoms. The van der Waals surface area contributed by atoms with Gasteiger partial charge in [0.2, 0.25) is 0 Å². The third-order valence-corrected chi connectivity index (χ3v) is 13.0. The van der Waals surface area contributed by atoms with Crippen molar-refractivity contribution >= 4 is 11.4 Å². The molecule has 0 bridgehead atoms. The van der Waals surface area contributed by atoms with E-state index in [0.717, 1.165) is 48.0 Å². The van der Waals surface area contributed by atoms with Crippen molar-refractivity contribution in [2.24, 2.45) is 51.8 Å². The highest BCUT2D eigenvalue weighted by Crippen LogP contribution is 2.70. The summed E-state index contributed by atoms with van der Waals surface area (Å²) in [7, 11) is 0. The van der Waals surface area contributed by atoms with Gasteiger partial charge in [0.15, 0.2) is 0 Å². The normalized spacial score (nSPS) is 37.3.